The van der Waals surface area contributed by atoms with Gasteiger partial charge in [-0.3, -0.25) is 4.98 Å². The number of nitrogens with two attached hydrogens (primary N) is 1. The summed E-state index contributed by atoms with van der Waals surface area (Å²) in [7, 11) is 0. The van der Waals surface area contributed by atoms with E-state index in [1.807, 2.05) is 24.3 Å². The summed E-state index contributed by atoms with van der Waals surface area (Å²) < 4.78 is 5.38. The van der Waals surface area contributed by atoms with E-state index < -0.39 is 0 Å². The summed E-state index contributed by atoms with van der Waals surface area (Å²) in [5.74, 6) is 0.406. The molecule has 3 rings (SSSR count). The van der Waals surface area contributed by atoms with Gasteiger partial charge in [0.2, 0.25) is 0 Å². The fraction of sp³-hybridized carbons (Fsp3) is 0.357. The number of aromatic nitrogens is 1. The van der Waals surface area contributed by atoms with Crippen molar-refractivity contribution in [1.82, 2.24) is 4.98 Å². The van der Waals surface area contributed by atoms with E-state index in [1.165, 1.54) is 0 Å². The fourth-order valence-corrected chi connectivity index (χ4v) is 2.34. The lowest BCUT2D eigenvalue weighted by atomic mass is 9.96. The Morgan fingerprint density at radius 2 is 2.12 bits per heavy atom. The van der Waals surface area contributed by atoms with Crippen LogP contribution in [0.25, 0.3) is 10.9 Å². The Morgan fingerprint density at radius 1 is 1.24 bits per heavy atom. The normalized spacial score (nSPS) is 21.8. The first-order chi connectivity index (χ1) is 8.34. The molecule has 2 atom stereocenters. The van der Waals surface area contributed by atoms with Gasteiger partial charge in [-0.05, 0) is 18.6 Å². The van der Waals surface area contributed by atoms with Crippen LogP contribution in [0.4, 0.5) is 0 Å². The number of nitrogens with zero attached hydrogens (tertiary/aromatic N) is 1. The lowest BCUT2D eigenvalue weighted by Crippen LogP contribution is -2.22. The monoisotopic (exact) mass is 228 g/mol. The zero-order valence-corrected chi connectivity index (χ0v) is 9.67. The lowest BCUT2D eigenvalue weighted by Gasteiger charge is -2.17. The Kier molecular flexibility index (Phi) is 2.79. The number of hydrogen-bond acceptors (Lipinski definition) is 3. The maximum atomic E-state index is 6.25. The van der Waals surface area contributed by atoms with E-state index in [2.05, 4.69) is 17.1 Å². The van der Waals surface area contributed by atoms with Gasteiger partial charge in [0.15, 0.2) is 0 Å². The zero-order chi connectivity index (χ0) is 11.7. The Bertz CT molecular complexity index is 520. The SMILES string of the molecule is NC(c1ccc2ccccc2n1)C1CCOC1. The van der Waals surface area contributed by atoms with Crippen molar-refractivity contribution in [2.24, 2.45) is 11.7 Å². The van der Waals surface area contributed by atoms with Crippen molar-refractivity contribution < 1.29 is 4.74 Å². The number of benzene rings is 1. The molecule has 0 bridgehead atoms. The van der Waals surface area contributed by atoms with Crippen molar-refractivity contribution in [2.45, 2.75) is 12.5 Å². The number of rotatable bonds is 2. The van der Waals surface area contributed by atoms with Crippen molar-refractivity contribution in [3.8, 4) is 0 Å². The molecule has 1 aliphatic rings. The Hall–Kier alpha value is -1.45. The van der Waals surface area contributed by atoms with Gasteiger partial charge >= 0.3 is 0 Å². The van der Waals surface area contributed by atoms with E-state index in [0.29, 0.717) is 5.92 Å². The predicted octanol–water partition coefficient (Wildman–Crippen LogP) is 2.27. The molecule has 0 aliphatic carbocycles. The minimum Gasteiger partial charge on any atom is -0.381 e. The number of para-hydroxylation sites is 1. The van der Waals surface area contributed by atoms with E-state index >= 15 is 0 Å². The van der Waals surface area contributed by atoms with Crippen LogP contribution in [0.1, 0.15) is 18.2 Å². The van der Waals surface area contributed by atoms with Crippen LogP contribution in [0.5, 0.6) is 0 Å². The van der Waals surface area contributed by atoms with E-state index in [0.717, 1.165) is 36.2 Å². The smallest absolute Gasteiger partial charge is 0.0706 e. The van der Waals surface area contributed by atoms with Gasteiger partial charge in [-0.25, -0.2) is 0 Å². The van der Waals surface area contributed by atoms with E-state index in [4.69, 9.17) is 10.5 Å². The summed E-state index contributed by atoms with van der Waals surface area (Å²) in [5, 5.41) is 1.16. The van der Waals surface area contributed by atoms with Crippen LogP contribution in [-0.2, 0) is 4.74 Å². The molecule has 2 aromatic rings. The molecule has 1 saturated heterocycles. The highest BCUT2D eigenvalue weighted by molar-refractivity contribution is 5.78. The quantitative estimate of drug-likeness (QED) is 0.857. The van der Waals surface area contributed by atoms with Gasteiger partial charge < -0.3 is 10.5 Å². The van der Waals surface area contributed by atoms with Crippen molar-refractivity contribution >= 4 is 10.9 Å². The third-order valence-corrected chi connectivity index (χ3v) is 3.43. The van der Waals surface area contributed by atoms with Crippen molar-refractivity contribution in [3.05, 3.63) is 42.1 Å². The standard InChI is InChI=1S/C14H16N2O/c15-14(11-7-8-17-9-11)13-6-5-10-3-1-2-4-12(10)16-13/h1-6,11,14H,7-9,15H2. The molecule has 0 amide bonds. The molecule has 0 radical (unpaired) electrons. The second-order valence-electron chi connectivity index (χ2n) is 4.58. The average molecular weight is 228 g/mol. The first-order valence-electron chi connectivity index (χ1n) is 6.03. The minimum atomic E-state index is -0.0119. The molecular weight excluding hydrogens is 212 g/mol. The van der Waals surface area contributed by atoms with E-state index in [9.17, 15) is 0 Å². The van der Waals surface area contributed by atoms with Crippen LogP contribution < -0.4 is 5.73 Å². The van der Waals surface area contributed by atoms with Gasteiger partial charge in [-0.15, -0.1) is 0 Å². The van der Waals surface area contributed by atoms with E-state index in [-0.39, 0.29) is 6.04 Å². The molecule has 2 N–H and O–H groups in total. The highest BCUT2D eigenvalue weighted by Crippen LogP contribution is 2.26. The summed E-state index contributed by atoms with van der Waals surface area (Å²) in [6.07, 6.45) is 1.04. The molecule has 3 heteroatoms. The minimum absolute atomic E-state index is 0.0119. The number of fused-ring (bicyclic) bond motifs is 1. The predicted molar refractivity (Wildman–Crippen MR) is 67.6 cm³/mol. The van der Waals surface area contributed by atoms with Gasteiger partial charge in [0.05, 0.1) is 23.9 Å². The highest BCUT2D eigenvalue weighted by Gasteiger charge is 2.24. The van der Waals surface area contributed by atoms with Gasteiger partial charge in [0.25, 0.3) is 0 Å². The lowest BCUT2D eigenvalue weighted by molar-refractivity contribution is 0.180. The summed E-state index contributed by atoms with van der Waals surface area (Å²) in [6, 6.07) is 12.2. The fourth-order valence-electron chi connectivity index (χ4n) is 2.34. The first-order valence-corrected chi connectivity index (χ1v) is 6.03. The largest absolute Gasteiger partial charge is 0.381 e. The summed E-state index contributed by atoms with van der Waals surface area (Å²) in [5.41, 5.74) is 8.23. The van der Waals surface area contributed by atoms with Gasteiger partial charge in [0, 0.05) is 17.9 Å². The molecule has 17 heavy (non-hydrogen) atoms. The van der Waals surface area contributed by atoms with E-state index in [1.54, 1.807) is 0 Å². The highest BCUT2D eigenvalue weighted by atomic mass is 16.5. The number of pyridine rings is 1. The van der Waals surface area contributed by atoms with Gasteiger partial charge in [-0.1, -0.05) is 24.3 Å². The molecule has 1 aromatic carbocycles. The van der Waals surface area contributed by atoms with Crippen LogP contribution in [-0.4, -0.2) is 18.2 Å². The molecule has 1 fully saturated rings. The maximum absolute atomic E-state index is 6.25. The molecule has 0 spiro atoms. The summed E-state index contributed by atoms with van der Waals surface area (Å²) in [6.45, 7) is 1.58. The molecular formula is C14H16N2O. The average Bonchev–Trinajstić information content (AvgIpc) is 2.91. The molecule has 1 aliphatic heterocycles. The molecule has 2 heterocycles. The van der Waals surface area contributed by atoms with Crippen molar-refractivity contribution in [3.63, 3.8) is 0 Å². The number of ether oxygens (including phenoxy) is 1. The van der Waals surface area contributed by atoms with Crippen LogP contribution in [0.15, 0.2) is 36.4 Å². The van der Waals surface area contributed by atoms with Crippen LogP contribution >= 0.6 is 0 Å². The van der Waals surface area contributed by atoms with Crippen molar-refractivity contribution in [2.75, 3.05) is 13.2 Å². The van der Waals surface area contributed by atoms with Crippen LogP contribution in [0, 0.1) is 5.92 Å². The molecule has 0 saturated carbocycles. The summed E-state index contributed by atoms with van der Waals surface area (Å²) >= 11 is 0. The topological polar surface area (TPSA) is 48.1 Å². The Labute approximate surface area is 101 Å². The maximum Gasteiger partial charge on any atom is 0.0706 e. The Morgan fingerprint density at radius 3 is 2.94 bits per heavy atom. The molecule has 3 nitrogen and oxygen atoms in total. The second kappa shape index (κ2) is 4.43. The first kappa shape index (κ1) is 10.7. The number of hydrogen-bond donors (Lipinski definition) is 1. The Balaban J connectivity index is 1.94. The van der Waals surface area contributed by atoms with Gasteiger partial charge in [0.1, 0.15) is 0 Å². The van der Waals surface area contributed by atoms with Crippen LogP contribution in [0.2, 0.25) is 0 Å². The molecule has 2 unspecified atom stereocenters. The second-order valence-corrected chi connectivity index (χ2v) is 4.58. The zero-order valence-electron chi connectivity index (χ0n) is 9.67. The van der Waals surface area contributed by atoms with Gasteiger partial charge in [-0.2, -0.15) is 0 Å². The van der Waals surface area contributed by atoms with Crippen molar-refractivity contribution in [1.29, 1.82) is 0 Å². The van der Waals surface area contributed by atoms with Crippen LogP contribution in [0.3, 0.4) is 0 Å². The molecule has 1 aromatic heterocycles. The summed E-state index contributed by atoms with van der Waals surface area (Å²) in [4.78, 5) is 4.64. The third-order valence-electron chi connectivity index (χ3n) is 3.43. The third kappa shape index (κ3) is 2.04. The molecule has 88 valence electrons.